The summed E-state index contributed by atoms with van der Waals surface area (Å²) in [5.41, 5.74) is 1.20. The zero-order valence-corrected chi connectivity index (χ0v) is 24.0. The first kappa shape index (κ1) is 28.9. The average Bonchev–Trinajstić information content (AvgIpc) is 3.64. The molecule has 2 aliphatic rings. The van der Waals surface area contributed by atoms with Crippen LogP contribution in [0.2, 0.25) is 0 Å². The molecule has 0 aromatic carbocycles. The molecule has 44 heavy (non-hydrogen) atoms. The van der Waals surface area contributed by atoms with Gasteiger partial charge < -0.3 is 19.6 Å². The highest BCUT2D eigenvalue weighted by Gasteiger charge is 2.53. The number of hydrogen-bond donors (Lipinski definition) is 1. The van der Waals surface area contributed by atoms with E-state index in [2.05, 4.69) is 33.0 Å². The third kappa shape index (κ3) is 5.05. The van der Waals surface area contributed by atoms with Crippen LogP contribution in [0.5, 0.6) is 5.75 Å². The quantitative estimate of drug-likeness (QED) is 0.300. The molecule has 13 nitrogen and oxygen atoms in total. The number of nitriles is 1. The molecule has 2 saturated heterocycles. The van der Waals surface area contributed by atoms with Gasteiger partial charge in [-0.15, -0.1) is 5.10 Å². The van der Waals surface area contributed by atoms with Gasteiger partial charge in [-0.2, -0.15) is 10.4 Å². The Labute approximate surface area is 251 Å². The summed E-state index contributed by atoms with van der Waals surface area (Å²) in [7, 11) is 0. The molecule has 4 aromatic heterocycles. The zero-order valence-electron chi connectivity index (χ0n) is 24.0. The van der Waals surface area contributed by atoms with Crippen LogP contribution in [0.25, 0.3) is 16.8 Å². The highest BCUT2D eigenvalue weighted by Crippen LogP contribution is 2.35. The summed E-state index contributed by atoms with van der Waals surface area (Å²) < 4.78 is 24.7. The summed E-state index contributed by atoms with van der Waals surface area (Å²) in [6.07, 6.45) is 6.23. The maximum atomic E-state index is 15.2. The first-order valence-corrected chi connectivity index (χ1v) is 14.2. The fourth-order valence-electron chi connectivity index (χ4n) is 5.83. The van der Waals surface area contributed by atoms with Crippen molar-refractivity contribution < 1.29 is 23.8 Å². The van der Waals surface area contributed by atoms with Crippen LogP contribution in [0.15, 0.2) is 55.5 Å². The first-order chi connectivity index (χ1) is 21.3. The lowest BCUT2D eigenvalue weighted by Gasteiger charge is -2.45. The number of hydrogen-bond acceptors (Lipinski definition) is 9. The molecule has 0 bridgehead atoms. The molecule has 4 aromatic rings. The van der Waals surface area contributed by atoms with E-state index in [4.69, 9.17) is 4.74 Å². The fourth-order valence-corrected chi connectivity index (χ4v) is 5.83. The number of halogens is 1. The number of piperidine rings is 1. The Balaban J connectivity index is 1.21. The third-order valence-corrected chi connectivity index (χ3v) is 8.20. The molecule has 2 fully saturated rings. The number of carbonyl (C=O) groups excluding carboxylic acids is 2. The number of pyridine rings is 2. The second-order valence-corrected chi connectivity index (χ2v) is 11.0. The molecule has 1 N–H and O–H groups in total. The van der Waals surface area contributed by atoms with Crippen molar-refractivity contribution in [1.82, 2.24) is 39.4 Å². The summed E-state index contributed by atoms with van der Waals surface area (Å²) in [5, 5.41) is 33.0. The maximum absolute atomic E-state index is 15.2. The predicted molar refractivity (Wildman–Crippen MR) is 154 cm³/mol. The number of alkyl halides is 1. The van der Waals surface area contributed by atoms with Crippen molar-refractivity contribution in [2.24, 2.45) is 0 Å². The molecular weight excluding hydrogens is 569 g/mol. The van der Waals surface area contributed by atoms with Crippen LogP contribution in [0.3, 0.4) is 0 Å². The molecule has 0 unspecified atom stereocenters. The van der Waals surface area contributed by atoms with Gasteiger partial charge in [0, 0.05) is 31.0 Å². The van der Waals surface area contributed by atoms with Crippen LogP contribution < -0.4 is 4.74 Å². The number of ether oxygens (including phenoxy) is 1. The number of nitrogens with zero attached hydrogens (tertiary/aromatic N) is 9. The van der Waals surface area contributed by atoms with Crippen LogP contribution in [0, 0.1) is 18.3 Å². The number of aromatic nitrogens is 6. The van der Waals surface area contributed by atoms with Gasteiger partial charge in [-0.3, -0.25) is 14.6 Å². The lowest BCUT2D eigenvalue weighted by atomic mass is 9.92. The van der Waals surface area contributed by atoms with E-state index in [0.29, 0.717) is 59.7 Å². The molecule has 14 heteroatoms. The van der Waals surface area contributed by atoms with E-state index in [1.165, 1.54) is 20.5 Å². The summed E-state index contributed by atoms with van der Waals surface area (Å²) in [6.45, 7) is 5.14. The van der Waals surface area contributed by atoms with Crippen LogP contribution in [0.1, 0.15) is 41.9 Å². The van der Waals surface area contributed by atoms with Crippen molar-refractivity contribution in [3.05, 3.63) is 72.5 Å². The van der Waals surface area contributed by atoms with Gasteiger partial charge in [-0.1, -0.05) is 17.9 Å². The number of carbonyl (C=O) groups is 2. The third-order valence-electron chi connectivity index (χ3n) is 8.20. The predicted octanol–water partition coefficient (Wildman–Crippen LogP) is 2.18. The molecule has 2 aliphatic heterocycles. The van der Waals surface area contributed by atoms with E-state index in [0.717, 1.165) is 11.8 Å². The number of fused-ring (bicyclic) bond motifs is 1. The van der Waals surface area contributed by atoms with Crippen LogP contribution in [-0.4, -0.2) is 94.8 Å². The van der Waals surface area contributed by atoms with E-state index < -0.39 is 17.7 Å². The maximum Gasteiger partial charge on any atom is 0.264 e. The highest BCUT2D eigenvalue weighted by atomic mass is 19.1. The van der Waals surface area contributed by atoms with E-state index in [1.807, 2.05) is 11.6 Å². The fraction of sp³-hybridized carbons (Fsp3) is 0.367. The molecule has 6 heterocycles. The SMILES string of the molecule is C=CC(=O)N1CC(F)(C(=O)N2CCC(n3nnc(-c4cc(O[C@@H](CO)c5ccccn5)c5c(C#N)cnn5c4)c3C)CC2)C1. The average molecular weight is 600 g/mol. The normalized spacial score (nSPS) is 17.1. The van der Waals surface area contributed by atoms with Crippen molar-refractivity contribution in [3.63, 3.8) is 0 Å². The minimum absolute atomic E-state index is 0.0617. The van der Waals surface area contributed by atoms with E-state index in [-0.39, 0.29) is 31.6 Å². The van der Waals surface area contributed by atoms with Crippen molar-refractivity contribution in [3.8, 4) is 23.1 Å². The minimum Gasteiger partial charge on any atom is -0.479 e. The highest BCUT2D eigenvalue weighted by molar-refractivity contribution is 5.93. The van der Waals surface area contributed by atoms with Crippen LogP contribution in [0.4, 0.5) is 4.39 Å². The Hall–Kier alpha value is -5.16. The number of amides is 2. The summed E-state index contributed by atoms with van der Waals surface area (Å²) in [4.78, 5) is 31.7. The monoisotopic (exact) mass is 599 g/mol. The van der Waals surface area contributed by atoms with Gasteiger partial charge in [0.2, 0.25) is 11.6 Å². The van der Waals surface area contributed by atoms with E-state index >= 15 is 4.39 Å². The standard InChI is InChI=1S/C30H30FN9O4/c1-3-26(42)38-17-30(31,18-38)29(43)37-10-7-22(8-11-37)40-19(2)27(35-36-40)20-12-24(28-21(13-32)14-34-39(28)15-20)44-25(16-41)23-6-4-5-9-33-23/h3-6,9,12,14-15,22,25,41H,1,7-8,10-11,16-18H2,2H3/t25-/m0/s1. The zero-order chi connectivity index (χ0) is 31.0. The largest absolute Gasteiger partial charge is 0.479 e. The molecule has 0 radical (unpaired) electrons. The van der Waals surface area contributed by atoms with Gasteiger partial charge in [0.25, 0.3) is 5.91 Å². The lowest BCUT2D eigenvalue weighted by molar-refractivity contribution is -0.162. The van der Waals surface area contributed by atoms with Crippen molar-refractivity contribution in [1.29, 1.82) is 5.26 Å². The first-order valence-electron chi connectivity index (χ1n) is 14.2. The molecule has 2 amide bonds. The molecule has 0 spiro atoms. The van der Waals surface area contributed by atoms with Crippen molar-refractivity contribution in [2.45, 2.75) is 37.6 Å². The summed E-state index contributed by atoms with van der Waals surface area (Å²) >= 11 is 0. The molecule has 226 valence electrons. The topological polar surface area (TPSA) is 155 Å². The molecule has 0 aliphatic carbocycles. The molecular formula is C30H30FN9O4. The second-order valence-electron chi connectivity index (χ2n) is 11.0. The van der Waals surface area contributed by atoms with Gasteiger partial charge >= 0.3 is 0 Å². The van der Waals surface area contributed by atoms with Gasteiger partial charge in [0.1, 0.15) is 28.6 Å². The van der Waals surface area contributed by atoms with Crippen LogP contribution >= 0.6 is 0 Å². The van der Waals surface area contributed by atoms with Gasteiger partial charge in [-0.05, 0) is 44.0 Å². The molecule has 6 rings (SSSR count). The number of likely N-dealkylation sites (tertiary alicyclic amines) is 2. The minimum atomic E-state index is -2.07. The van der Waals surface area contributed by atoms with Gasteiger partial charge in [-0.25, -0.2) is 13.6 Å². The molecule has 0 saturated carbocycles. The summed E-state index contributed by atoms with van der Waals surface area (Å²) in [6, 6.07) is 9.12. The summed E-state index contributed by atoms with van der Waals surface area (Å²) in [5.74, 6) is -0.658. The van der Waals surface area contributed by atoms with E-state index in [1.54, 1.807) is 36.7 Å². The molecule has 1 atom stereocenters. The van der Waals surface area contributed by atoms with Crippen molar-refractivity contribution in [2.75, 3.05) is 32.8 Å². The second kappa shape index (κ2) is 11.5. The van der Waals surface area contributed by atoms with Crippen molar-refractivity contribution >= 4 is 17.3 Å². The number of aliphatic hydroxyl groups excluding tert-OH is 1. The number of aliphatic hydroxyl groups is 1. The smallest absolute Gasteiger partial charge is 0.264 e. The Morgan fingerprint density at radius 1 is 1.30 bits per heavy atom. The van der Waals surface area contributed by atoms with Crippen LogP contribution in [-0.2, 0) is 9.59 Å². The van der Waals surface area contributed by atoms with Gasteiger partial charge in [0.05, 0.1) is 43.3 Å². The Bertz CT molecular complexity index is 1770. The lowest BCUT2D eigenvalue weighted by Crippen LogP contribution is -2.68. The Morgan fingerprint density at radius 3 is 2.73 bits per heavy atom. The Morgan fingerprint density at radius 2 is 2.07 bits per heavy atom. The van der Waals surface area contributed by atoms with Gasteiger partial charge in [0.15, 0.2) is 6.10 Å². The number of rotatable bonds is 8. The Kier molecular flexibility index (Phi) is 7.56. The van der Waals surface area contributed by atoms with E-state index in [9.17, 15) is 20.0 Å².